The van der Waals surface area contributed by atoms with Crippen LogP contribution in [0.2, 0.25) is 5.02 Å². The van der Waals surface area contributed by atoms with Gasteiger partial charge in [0.05, 0.1) is 11.1 Å². The van der Waals surface area contributed by atoms with Crippen LogP contribution < -0.4 is 0 Å². The van der Waals surface area contributed by atoms with E-state index in [1.54, 1.807) is 25.2 Å². The zero-order chi connectivity index (χ0) is 17.9. The van der Waals surface area contributed by atoms with Crippen molar-refractivity contribution in [1.82, 2.24) is 4.31 Å². The highest BCUT2D eigenvalue weighted by molar-refractivity contribution is 7.89. The minimum Gasteiger partial charge on any atom is -0.207 e. The average Bonchev–Trinajstić information content (AvgIpc) is 2.64. The first-order valence-corrected chi connectivity index (χ1v) is 9.66. The maximum absolute atomic E-state index is 13.2. The first-order valence-electron chi connectivity index (χ1n) is 7.84. The number of hydrogen-bond acceptors (Lipinski definition) is 2. The van der Waals surface area contributed by atoms with Gasteiger partial charge in [0.1, 0.15) is 4.90 Å². The third-order valence-electron chi connectivity index (χ3n) is 4.09. The van der Waals surface area contributed by atoms with Gasteiger partial charge in [-0.25, -0.2) is 8.42 Å². The van der Waals surface area contributed by atoms with Gasteiger partial charge < -0.3 is 0 Å². The molecule has 128 valence electrons. The molecule has 25 heavy (non-hydrogen) atoms. The smallest absolute Gasteiger partial charge is 0.207 e. The Kier molecular flexibility index (Phi) is 5.23. The van der Waals surface area contributed by atoms with Crippen molar-refractivity contribution < 1.29 is 8.42 Å². The van der Waals surface area contributed by atoms with Gasteiger partial charge in [0.15, 0.2) is 0 Å². The van der Waals surface area contributed by atoms with E-state index in [4.69, 9.17) is 11.6 Å². The van der Waals surface area contributed by atoms with Crippen molar-refractivity contribution in [2.45, 2.75) is 10.9 Å². The number of hydrogen-bond donors (Lipinski definition) is 0. The topological polar surface area (TPSA) is 37.4 Å². The Hall–Kier alpha value is -2.14. The number of halogens is 1. The molecule has 0 fully saturated rings. The lowest BCUT2D eigenvalue weighted by Gasteiger charge is -2.28. The van der Waals surface area contributed by atoms with Gasteiger partial charge in [-0.05, 0) is 23.3 Å². The van der Waals surface area contributed by atoms with E-state index in [2.05, 4.69) is 0 Å². The van der Waals surface area contributed by atoms with Gasteiger partial charge in [0.25, 0.3) is 0 Å². The number of rotatable bonds is 5. The fourth-order valence-corrected chi connectivity index (χ4v) is 4.66. The molecule has 3 aromatic carbocycles. The summed E-state index contributed by atoms with van der Waals surface area (Å²) in [7, 11) is -2.18. The fraction of sp³-hybridized carbons (Fsp3) is 0.100. The van der Waals surface area contributed by atoms with E-state index in [1.165, 1.54) is 10.4 Å². The molecule has 0 aliphatic carbocycles. The average molecular weight is 372 g/mol. The normalized spacial score (nSPS) is 11.8. The Morgan fingerprint density at radius 3 is 1.68 bits per heavy atom. The van der Waals surface area contributed by atoms with Crippen LogP contribution in [0.25, 0.3) is 0 Å². The van der Waals surface area contributed by atoms with Crippen LogP contribution in [0.1, 0.15) is 17.2 Å². The Morgan fingerprint density at radius 1 is 0.760 bits per heavy atom. The van der Waals surface area contributed by atoms with Crippen molar-refractivity contribution in [2.24, 2.45) is 0 Å². The van der Waals surface area contributed by atoms with Gasteiger partial charge in [-0.3, -0.25) is 0 Å². The lowest BCUT2D eigenvalue weighted by Crippen LogP contribution is -2.32. The molecule has 0 amide bonds. The molecule has 0 aliphatic rings. The van der Waals surface area contributed by atoms with Crippen LogP contribution in [0.5, 0.6) is 0 Å². The van der Waals surface area contributed by atoms with Crippen molar-refractivity contribution >= 4 is 21.6 Å². The van der Waals surface area contributed by atoms with Crippen LogP contribution in [0.3, 0.4) is 0 Å². The summed E-state index contributed by atoms with van der Waals surface area (Å²) in [5.74, 6) is 0. The second-order valence-corrected chi connectivity index (χ2v) is 8.05. The highest BCUT2D eigenvalue weighted by atomic mass is 35.5. The molecule has 0 aliphatic heterocycles. The van der Waals surface area contributed by atoms with E-state index in [0.29, 0.717) is 0 Å². The first kappa shape index (κ1) is 17.7. The zero-order valence-corrected chi connectivity index (χ0v) is 15.3. The van der Waals surface area contributed by atoms with Crippen molar-refractivity contribution in [3.05, 3.63) is 101 Å². The molecule has 0 N–H and O–H groups in total. The van der Waals surface area contributed by atoms with Crippen molar-refractivity contribution in [3.63, 3.8) is 0 Å². The number of sulfonamides is 1. The van der Waals surface area contributed by atoms with E-state index in [9.17, 15) is 8.42 Å². The van der Waals surface area contributed by atoms with Crippen LogP contribution >= 0.6 is 11.6 Å². The van der Waals surface area contributed by atoms with E-state index in [0.717, 1.165) is 11.1 Å². The van der Waals surface area contributed by atoms with Crippen LogP contribution in [-0.2, 0) is 10.0 Å². The van der Waals surface area contributed by atoms with Crippen LogP contribution in [0, 0.1) is 0 Å². The molecule has 5 heteroatoms. The predicted molar refractivity (Wildman–Crippen MR) is 101 cm³/mol. The molecule has 0 atom stereocenters. The summed E-state index contributed by atoms with van der Waals surface area (Å²) in [4.78, 5) is 0.107. The fourth-order valence-electron chi connectivity index (χ4n) is 2.83. The van der Waals surface area contributed by atoms with Crippen molar-refractivity contribution in [3.8, 4) is 0 Å². The van der Waals surface area contributed by atoms with Gasteiger partial charge in [-0.2, -0.15) is 4.31 Å². The summed E-state index contributed by atoms with van der Waals surface area (Å²) in [6.07, 6.45) is 0. The van der Waals surface area contributed by atoms with Crippen LogP contribution in [0.4, 0.5) is 0 Å². The summed E-state index contributed by atoms with van der Waals surface area (Å²) < 4.78 is 27.7. The summed E-state index contributed by atoms with van der Waals surface area (Å²) in [5, 5.41) is 0.217. The summed E-state index contributed by atoms with van der Waals surface area (Å²) in [6, 6.07) is 25.2. The Bertz CT molecular complexity index is 904. The lowest BCUT2D eigenvalue weighted by molar-refractivity contribution is 0.418. The SMILES string of the molecule is CN(C(c1ccccc1)c1ccccc1)S(=O)(=O)c1ccccc1Cl. The molecule has 0 spiro atoms. The van der Waals surface area contributed by atoms with Gasteiger partial charge >= 0.3 is 0 Å². The summed E-state index contributed by atoms with van der Waals surface area (Å²) >= 11 is 6.14. The molecule has 3 nitrogen and oxygen atoms in total. The molecule has 0 heterocycles. The Morgan fingerprint density at radius 2 is 1.20 bits per heavy atom. The molecule has 0 aromatic heterocycles. The second-order valence-electron chi connectivity index (χ2n) is 5.68. The summed E-state index contributed by atoms with van der Waals surface area (Å²) in [6.45, 7) is 0. The van der Waals surface area contributed by atoms with Gasteiger partial charge in [-0.1, -0.05) is 84.4 Å². The second kappa shape index (κ2) is 7.40. The monoisotopic (exact) mass is 371 g/mol. The Labute approximate surface area is 153 Å². The molecule has 0 saturated heterocycles. The highest BCUT2D eigenvalue weighted by Crippen LogP contribution is 2.33. The third kappa shape index (κ3) is 3.61. The van der Waals surface area contributed by atoms with Crippen molar-refractivity contribution in [1.29, 1.82) is 0 Å². The molecule has 0 saturated carbocycles. The highest BCUT2D eigenvalue weighted by Gasteiger charge is 2.31. The summed E-state index contributed by atoms with van der Waals surface area (Å²) in [5.41, 5.74) is 1.79. The molecule has 0 radical (unpaired) electrons. The predicted octanol–water partition coefficient (Wildman–Crippen LogP) is 4.75. The van der Waals surface area contributed by atoms with E-state index >= 15 is 0 Å². The van der Waals surface area contributed by atoms with Gasteiger partial charge in [0.2, 0.25) is 10.0 Å². The first-order chi connectivity index (χ1) is 12.0. The van der Waals surface area contributed by atoms with Crippen LogP contribution in [-0.4, -0.2) is 19.8 Å². The minimum atomic E-state index is -3.76. The largest absolute Gasteiger partial charge is 0.245 e. The van der Waals surface area contributed by atoms with E-state index in [1.807, 2.05) is 60.7 Å². The van der Waals surface area contributed by atoms with Gasteiger partial charge in [0, 0.05) is 7.05 Å². The Balaban J connectivity index is 2.12. The zero-order valence-electron chi connectivity index (χ0n) is 13.7. The number of benzene rings is 3. The molecule has 3 rings (SSSR count). The van der Waals surface area contributed by atoms with Crippen molar-refractivity contribution in [2.75, 3.05) is 7.05 Å². The standard InChI is InChI=1S/C20H18ClNO2S/c1-22(25(23,24)19-15-9-8-14-18(19)21)20(16-10-4-2-5-11-16)17-12-6-3-7-13-17/h2-15,20H,1H3. The lowest BCUT2D eigenvalue weighted by atomic mass is 9.99. The third-order valence-corrected chi connectivity index (χ3v) is 6.41. The quantitative estimate of drug-likeness (QED) is 0.649. The number of nitrogens with zero attached hydrogens (tertiary/aromatic N) is 1. The van der Waals surface area contributed by atoms with E-state index < -0.39 is 16.1 Å². The van der Waals surface area contributed by atoms with Gasteiger partial charge in [-0.15, -0.1) is 0 Å². The van der Waals surface area contributed by atoms with E-state index in [-0.39, 0.29) is 9.92 Å². The molecular weight excluding hydrogens is 354 g/mol. The molecule has 0 bridgehead atoms. The molecule has 3 aromatic rings. The minimum absolute atomic E-state index is 0.107. The van der Waals surface area contributed by atoms with Crippen LogP contribution in [0.15, 0.2) is 89.8 Å². The molecule has 0 unspecified atom stereocenters. The molecular formula is C20H18ClNO2S. The maximum Gasteiger partial charge on any atom is 0.245 e. The maximum atomic E-state index is 13.2.